The van der Waals surface area contributed by atoms with Crippen LogP contribution in [0.3, 0.4) is 0 Å². The third-order valence-corrected chi connectivity index (χ3v) is 6.55. The molecule has 0 spiro atoms. The topological polar surface area (TPSA) is 87.2 Å². The Bertz CT molecular complexity index is 854. The first-order valence-electron chi connectivity index (χ1n) is 12.1. The molecule has 3 N–H and O–H groups in total. The number of hydrogen-bond acceptors (Lipinski definition) is 8. The van der Waals surface area contributed by atoms with Gasteiger partial charge >= 0.3 is 0 Å². The van der Waals surface area contributed by atoms with Crippen LogP contribution in [-0.4, -0.2) is 58.7 Å². The largest absolute Gasteiger partial charge is 0.497 e. The van der Waals surface area contributed by atoms with Crippen LogP contribution in [0.1, 0.15) is 58.3 Å². The lowest BCUT2D eigenvalue weighted by molar-refractivity contribution is 0.277. The Kier molecular flexibility index (Phi) is 7.98. The molecule has 32 heavy (non-hydrogen) atoms. The molecule has 1 unspecified atom stereocenters. The van der Waals surface area contributed by atoms with Crippen molar-refractivity contribution in [3.05, 3.63) is 24.3 Å². The predicted molar refractivity (Wildman–Crippen MR) is 130 cm³/mol. The summed E-state index contributed by atoms with van der Waals surface area (Å²) in [6.45, 7) is 5.34. The number of anilines is 4. The molecule has 8 nitrogen and oxygen atoms in total. The van der Waals surface area contributed by atoms with E-state index in [1.165, 1.54) is 57.9 Å². The molecular weight excluding hydrogens is 402 g/mol. The van der Waals surface area contributed by atoms with Gasteiger partial charge in [-0.05, 0) is 50.9 Å². The molecule has 4 rings (SSSR count). The van der Waals surface area contributed by atoms with Crippen LogP contribution in [0.25, 0.3) is 0 Å². The molecule has 1 aromatic carbocycles. The molecule has 2 fully saturated rings. The quantitative estimate of drug-likeness (QED) is 0.487. The van der Waals surface area contributed by atoms with Crippen molar-refractivity contribution in [1.29, 1.82) is 0 Å². The maximum absolute atomic E-state index is 5.35. The number of nitrogens with zero attached hydrogens (tertiary/aromatic N) is 4. The van der Waals surface area contributed by atoms with E-state index < -0.39 is 0 Å². The van der Waals surface area contributed by atoms with Gasteiger partial charge in [-0.1, -0.05) is 38.7 Å². The van der Waals surface area contributed by atoms with Crippen LogP contribution in [0.5, 0.6) is 5.75 Å². The molecule has 1 saturated carbocycles. The second-order valence-electron chi connectivity index (χ2n) is 8.80. The lowest BCUT2D eigenvalue weighted by Crippen LogP contribution is -2.35. The third-order valence-electron chi connectivity index (χ3n) is 6.55. The molecule has 2 aromatic rings. The molecule has 0 bridgehead atoms. The first-order chi connectivity index (χ1) is 15.7. The number of likely N-dealkylation sites (tertiary alicyclic amines) is 1. The molecule has 0 radical (unpaired) electrons. The van der Waals surface area contributed by atoms with Crippen LogP contribution in [0, 0.1) is 0 Å². The van der Waals surface area contributed by atoms with E-state index in [9.17, 15) is 0 Å². The van der Waals surface area contributed by atoms with Crippen LogP contribution in [-0.2, 0) is 0 Å². The number of aromatic nitrogens is 3. The average molecular weight is 440 g/mol. The summed E-state index contributed by atoms with van der Waals surface area (Å²) in [4.78, 5) is 16.6. The fraction of sp³-hybridized carbons (Fsp3) is 0.625. The Morgan fingerprint density at radius 1 is 0.969 bits per heavy atom. The lowest BCUT2D eigenvalue weighted by atomic mass is 10.1. The zero-order chi connectivity index (χ0) is 22.2. The maximum atomic E-state index is 5.35. The molecule has 8 heteroatoms. The first-order valence-corrected chi connectivity index (χ1v) is 12.1. The lowest BCUT2D eigenvalue weighted by Gasteiger charge is -2.23. The highest BCUT2D eigenvalue weighted by Crippen LogP contribution is 2.24. The number of ether oxygens (including phenoxy) is 1. The molecule has 0 amide bonds. The van der Waals surface area contributed by atoms with E-state index in [4.69, 9.17) is 9.72 Å². The van der Waals surface area contributed by atoms with Crippen LogP contribution >= 0.6 is 0 Å². The fourth-order valence-corrected chi connectivity index (χ4v) is 4.76. The molecule has 1 saturated heterocycles. The molecule has 1 aromatic heterocycles. The number of rotatable bonds is 9. The zero-order valence-electron chi connectivity index (χ0n) is 19.4. The molecule has 1 aliphatic heterocycles. The van der Waals surface area contributed by atoms with Crippen molar-refractivity contribution in [2.24, 2.45) is 0 Å². The van der Waals surface area contributed by atoms with Crippen molar-refractivity contribution in [3.8, 4) is 5.75 Å². The van der Waals surface area contributed by atoms with Crippen molar-refractivity contribution in [1.82, 2.24) is 19.9 Å². The maximum Gasteiger partial charge on any atom is 0.233 e. The second kappa shape index (κ2) is 11.3. The Morgan fingerprint density at radius 3 is 2.53 bits per heavy atom. The van der Waals surface area contributed by atoms with E-state index in [2.05, 4.69) is 37.7 Å². The smallest absolute Gasteiger partial charge is 0.233 e. The van der Waals surface area contributed by atoms with Gasteiger partial charge in [0.2, 0.25) is 17.8 Å². The zero-order valence-corrected chi connectivity index (χ0v) is 19.4. The standard InChI is InChI=1S/C24H37N7O/c1-3-31-15-9-13-20(31)17-25-22-28-23(26-18-10-6-4-5-7-11-18)30-24(29-22)27-19-12-8-14-21(16-19)32-2/h8,12,14,16,18,20H,3-7,9-11,13,15,17H2,1-2H3,(H3,25,26,27,28,29,30). The molecular formula is C24H37N7O. The van der Waals surface area contributed by atoms with E-state index in [1.54, 1.807) is 7.11 Å². The van der Waals surface area contributed by atoms with Gasteiger partial charge in [0, 0.05) is 30.4 Å². The first kappa shape index (κ1) is 22.6. The Balaban J connectivity index is 1.51. The summed E-state index contributed by atoms with van der Waals surface area (Å²) in [6.07, 6.45) is 9.97. The normalized spacial score (nSPS) is 20.0. The number of likely N-dealkylation sites (N-methyl/N-ethyl adjacent to an activating group) is 1. The van der Waals surface area contributed by atoms with Gasteiger partial charge in [0.05, 0.1) is 7.11 Å². The van der Waals surface area contributed by atoms with Crippen molar-refractivity contribution in [2.45, 2.75) is 70.4 Å². The highest BCUT2D eigenvalue weighted by molar-refractivity contribution is 5.57. The predicted octanol–water partition coefficient (Wildman–Crippen LogP) is 4.65. The Morgan fingerprint density at radius 2 is 1.75 bits per heavy atom. The monoisotopic (exact) mass is 439 g/mol. The van der Waals surface area contributed by atoms with Crippen LogP contribution in [0.4, 0.5) is 23.5 Å². The summed E-state index contributed by atoms with van der Waals surface area (Å²) in [6, 6.07) is 8.74. The minimum absolute atomic E-state index is 0.419. The summed E-state index contributed by atoms with van der Waals surface area (Å²) in [5.74, 6) is 2.58. The minimum atomic E-state index is 0.419. The molecule has 1 atom stereocenters. The van der Waals surface area contributed by atoms with Crippen LogP contribution in [0.2, 0.25) is 0 Å². The third kappa shape index (κ3) is 6.22. The van der Waals surface area contributed by atoms with Gasteiger partial charge in [-0.2, -0.15) is 15.0 Å². The van der Waals surface area contributed by atoms with Gasteiger partial charge in [-0.3, -0.25) is 4.90 Å². The summed E-state index contributed by atoms with van der Waals surface area (Å²) in [7, 11) is 1.67. The summed E-state index contributed by atoms with van der Waals surface area (Å²) in [5, 5.41) is 10.4. The molecule has 2 heterocycles. The highest BCUT2D eigenvalue weighted by Gasteiger charge is 2.23. The summed E-state index contributed by atoms with van der Waals surface area (Å²) >= 11 is 0. The van der Waals surface area contributed by atoms with Gasteiger partial charge in [0.15, 0.2) is 0 Å². The molecule has 2 aliphatic rings. The molecule has 174 valence electrons. The Hall–Kier alpha value is -2.61. The van der Waals surface area contributed by atoms with Crippen molar-refractivity contribution in [3.63, 3.8) is 0 Å². The van der Waals surface area contributed by atoms with E-state index in [0.717, 1.165) is 24.5 Å². The van der Waals surface area contributed by atoms with Crippen molar-refractivity contribution >= 4 is 23.5 Å². The van der Waals surface area contributed by atoms with E-state index in [-0.39, 0.29) is 0 Å². The van der Waals surface area contributed by atoms with E-state index >= 15 is 0 Å². The second-order valence-corrected chi connectivity index (χ2v) is 8.80. The van der Waals surface area contributed by atoms with E-state index in [0.29, 0.717) is 29.9 Å². The number of benzene rings is 1. The van der Waals surface area contributed by atoms with Crippen molar-refractivity contribution in [2.75, 3.05) is 42.7 Å². The van der Waals surface area contributed by atoms with Gasteiger partial charge in [-0.15, -0.1) is 0 Å². The average Bonchev–Trinajstić information content (AvgIpc) is 3.12. The van der Waals surface area contributed by atoms with Crippen LogP contribution < -0.4 is 20.7 Å². The van der Waals surface area contributed by atoms with Gasteiger partial charge in [0.25, 0.3) is 0 Å². The molecule has 1 aliphatic carbocycles. The summed E-state index contributed by atoms with van der Waals surface area (Å²) < 4.78 is 5.35. The number of hydrogen-bond donors (Lipinski definition) is 3. The van der Waals surface area contributed by atoms with E-state index in [1.807, 2.05) is 24.3 Å². The fourth-order valence-electron chi connectivity index (χ4n) is 4.76. The van der Waals surface area contributed by atoms with Crippen LogP contribution in [0.15, 0.2) is 24.3 Å². The number of nitrogens with one attached hydrogen (secondary N) is 3. The Labute approximate surface area is 191 Å². The van der Waals surface area contributed by atoms with Gasteiger partial charge in [-0.25, -0.2) is 0 Å². The van der Waals surface area contributed by atoms with Crippen molar-refractivity contribution < 1.29 is 4.74 Å². The minimum Gasteiger partial charge on any atom is -0.497 e. The summed E-state index contributed by atoms with van der Waals surface area (Å²) in [5.41, 5.74) is 0.884. The van der Waals surface area contributed by atoms with Gasteiger partial charge < -0.3 is 20.7 Å². The SMILES string of the molecule is CCN1CCCC1CNc1nc(Nc2cccc(OC)c2)nc(NC2CCCCCC2)n1. The highest BCUT2D eigenvalue weighted by atomic mass is 16.5. The van der Waals surface area contributed by atoms with Gasteiger partial charge in [0.1, 0.15) is 5.75 Å². The number of methoxy groups -OCH3 is 1.